The van der Waals surface area contributed by atoms with Crippen molar-refractivity contribution in [2.45, 2.75) is 32.8 Å². The van der Waals surface area contributed by atoms with Crippen LogP contribution in [0.2, 0.25) is 5.02 Å². The van der Waals surface area contributed by atoms with Crippen LogP contribution in [0.25, 0.3) is 11.0 Å². The maximum absolute atomic E-state index is 11.9. The molecule has 0 aliphatic rings. The van der Waals surface area contributed by atoms with Crippen LogP contribution in [0.1, 0.15) is 26.5 Å². The van der Waals surface area contributed by atoms with Gasteiger partial charge in [0.1, 0.15) is 5.60 Å². The molecule has 0 atom stereocenters. The van der Waals surface area contributed by atoms with Crippen LogP contribution >= 0.6 is 11.6 Å². The van der Waals surface area contributed by atoms with Gasteiger partial charge in [-0.25, -0.2) is 17.9 Å². The van der Waals surface area contributed by atoms with Gasteiger partial charge in [-0.15, -0.1) is 0 Å². The van der Waals surface area contributed by atoms with Crippen molar-refractivity contribution in [1.29, 1.82) is 0 Å². The fourth-order valence-corrected chi connectivity index (χ4v) is 2.87. The Balaban J connectivity index is 2.02. The molecule has 0 aliphatic carbocycles. The Hall–Kier alpha value is -1.80. The molecule has 1 heterocycles. The van der Waals surface area contributed by atoms with Crippen LogP contribution in [0.4, 0.5) is 4.79 Å². The Labute approximate surface area is 139 Å². The van der Waals surface area contributed by atoms with Crippen LogP contribution in [0.15, 0.2) is 22.7 Å². The zero-order valence-electron chi connectivity index (χ0n) is 12.9. The van der Waals surface area contributed by atoms with Gasteiger partial charge >= 0.3 is 6.09 Å². The highest BCUT2D eigenvalue weighted by Crippen LogP contribution is 2.22. The number of ether oxygens (including phenoxy) is 1. The lowest BCUT2D eigenvalue weighted by atomic mass is 10.2. The van der Waals surface area contributed by atoms with Gasteiger partial charge in [0.15, 0.2) is 5.58 Å². The zero-order chi connectivity index (χ0) is 17.3. The van der Waals surface area contributed by atoms with E-state index >= 15 is 0 Å². The normalized spacial score (nSPS) is 12.3. The third-order valence-electron chi connectivity index (χ3n) is 2.75. The van der Waals surface area contributed by atoms with Gasteiger partial charge in [0, 0.05) is 22.9 Å². The van der Waals surface area contributed by atoms with Crippen molar-refractivity contribution < 1.29 is 22.5 Å². The first-order valence-electron chi connectivity index (χ1n) is 6.83. The maximum Gasteiger partial charge on any atom is 0.421 e. The van der Waals surface area contributed by atoms with Gasteiger partial charge in [0.25, 0.3) is 0 Å². The molecular weight excluding hydrogens is 344 g/mol. The predicted molar refractivity (Wildman–Crippen MR) is 85.9 cm³/mol. The number of carbonyl (C=O) groups is 1. The number of benzene rings is 1. The predicted octanol–water partition coefficient (Wildman–Crippen LogP) is 2.88. The van der Waals surface area contributed by atoms with E-state index in [-0.39, 0.29) is 12.2 Å². The van der Waals surface area contributed by atoms with Crippen molar-refractivity contribution in [3.63, 3.8) is 0 Å². The molecule has 0 aliphatic heterocycles. The Morgan fingerprint density at radius 3 is 2.74 bits per heavy atom. The van der Waals surface area contributed by atoms with Crippen molar-refractivity contribution >= 4 is 38.7 Å². The van der Waals surface area contributed by atoms with Crippen LogP contribution in [0, 0.1) is 0 Å². The molecule has 2 aromatic rings. The van der Waals surface area contributed by atoms with Gasteiger partial charge in [-0.3, -0.25) is 0 Å². The number of nitrogens with zero attached hydrogens (tertiary/aromatic N) is 1. The van der Waals surface area contributed by atoms with E-state index in [0.717, 1.165) is 0 Å². The van der Waals surface area contributed by atoms with Gasteiger partial charge in [-0.1, -0.05) is 16.8 Å². The largest absolute Gasteiger partial charge is 0.443 e. The third kappa shape index (κ3) is 5.11. The van der Waals surface area contributed by atoms with Gasteiger partial charge in [0.05, 0.1) is 11.4 Å². The van der Waals surface area contributed by atoms with E-state index < -0.39 is 21.7 Å². The molecule has 7 nitrogen and oxygen atoms in total. The SMILES string of the molecule is CC(C)(C)OC(=O)NS(=O)(=O)CCc1noc2cc(Cl)ccc12. The highest BCUT2D eigenvalue weighted by molar-refractivity contribution is 7.90. The lowest BCUT2D eigenvalue weighted by molar-refractivity contribution is 0.0570. The van der Waals surface area contributed by atoms with Crippen molar-refractivity contribution in [1.82, 2.24) is 9.88 Å². The molecule has 1 aromatic carbocycles. The standard InChI is InChI=1S/C14H17ClN2O5S/c1-14(2,3)21-13(18)17-23(19,20)7-6-11-10-5-4-9(15)8-12(10)22-16-11/h4-5,8H,6-7H2,1-3H3,(H,17,18). The van der Waals surface area contributed by atoms with Gasteiger partial charge < -0.3 is 9.26 Å². The summed E-state index contributed by atoms with van der Waals surface area (Å²) in [7, 11) is -3.84. The van der Waals surface area contributed by atoms with Crippen LogP contribution in [-0.2, 0) is 21.2 Å². The van der Waals surface area contributed by atoms with Crippen molar-refractivity contribution in [2.24, 2.45) is 0 Å². The molecule has 0 bridgehead atoms. The van der Waals surface area contributed by atoms with Crippen molar-refractivity contribution in [3.05, 3.63) is 28.9 Å². The number of aromatic nitrogens is 1. The molecule has 0 radical (unpaired) electrons. The maximum atomic E-state index is 11.9. The molecule has 23 heavy (non-hydrogen) atoms. The van der Waals surface area contributed by atoms with E-state index in [1.165, 1.54) is 0 Å². The second-order valence-corrected chi connectivity index (χ2v) is 8.22. The van der Waals surface area contributed by atoms with E-state index in [1.807, 2.05) is 4.72 Å². The molecule has 0 saturated carbocycles. The zero-order valence-corrected chi connectivity index (χ0v) is 14.5. The molecule has 1 amide bonds. The molecule has 0 saturated heterocycles. The quantitative estimate of drug-likeness (QED) is 0.900. The summed E-state index contributed by atoms with van der Waals surface area (Å²) in [5, 5.41) is 5.02. The number of carbonyl (C=O) groups excluding carboxylic acids is 1. The first-order chi connectivity index (χ1) is 10.6. The number of hydrogen-bond donors (Lipinski definition) is 1. The molecule has 1 aromatic heterocycles. The Bertz CT molecular complexity index is 823. The van der Waals surface area contributed by atoms with Crippen LogP contribution in [0.5, 0.6) is 0 Å². The summed E-state index contributed by atoms with van der Waals surface area (Å²) < 4.78 is 35.7. The number of hydrogen-bond acceptors (Lipinski definition) is 6. The van der Waals surface area contributed by atoms with E-state index in [1.54, 1.807) is 39.0 Å². The second-order valence-electron chi connectivity index (χ2n) is 5.94. The number of nitrogens with one attached hydrogen (secondary N) is 1. The summed E-state index contributed by atoms with van der Waals surface area (Å²) in [5.41, 5.74) is 0.178. The van der Waals surface area contributed by atoms with E-state index in [2.05, 4.69) is 5.16 Å². The molecule has 0 unspecified atom stereocenters. The van der Waals surface area contributed by atoms with Gasteiger partial charge in [0.2, 0.25) is 10.0 Å². The molecule has 0 spiro atoms. The van der Waals surface area contributed by atoms with E-state index in [9.17, 15) is 13.2 Å². The third-order valence-corrected chi connectivity index (χ3v) is 4.21. The topological polar surface area (TPSA) is 98.5 Å². The summed E-state index contributed by atoms with van der Waals surface area (Å²) in [4.78, 5) is 11.5. The minimum atomic E-state index is -3.84. The summed E-state index contributed by atoms with van der Waals surface area (Å²) >= 11 is 5.84. The van der Waals surface area contributed by atoms with Crippen LogP contribution < -0.4 is 4.72 Å². The van der Waals surface area contributed by atoms with Gasteiger partial charge in [-0.05, 0) is 32.9 Å². The van der Waals surface area contributed by atoms with Crippen molar-refractivity contribution in [2.75, 3.05) is 5.75 Å². The summed E-state index contributed by atoms with van der Waals surface area (Å²) in [6.45, 7) is 4.93. The van der Waals surface area contributed by atoms with Crippen molar-refractivity contribution in [3.8, 4) is 0 Å². The number of sulfonamides is 1. The first-order valence-corrected chi connectivity index (χ1v) is 8.86. The number of rotatable bonds is 4. The first kappa shape index (κ1) is 17.6. The molecule has 9 heteroatoms. The lowest BCUT2D eigenvalue weighted by Crippen LogP contribution is -2.37. The molecule has 1 N–H and O–H groups in total. The van der Waals surface area contributed by atoms with Gasteiger partial charge in [-0.2, -0.15) is 0 Å². The number of amides is 1. The average Bonchev–Trinajstić information content (AvgIpc) is 2.75. The second kappa shape index (κ2) is 6.37. The Kier molecular flexibility index (Phi) is 4.86. The number of fused-ring (bicyclic) bond motifs is 1. The fraction of sp³-hybridized carbons (Fsp3) is 0.429. The van der Waals surface area contributed by atoms with E-state index in [0.29, 0.717) is 21.7 Å². The number of halogens is 1. The lowest BCUT2D eigenvalue weighted by Gasteiger charge is -2.19. The number of aryl methyl sites for hydroxylation is 1. The highest BCUT2D eigenvalue weighted by atomic mass is 35.5. The molecular formula is C14H17ClN2O5S. The average molecular weight is 361 g/mol. The smallest absolute Gasteiger partial charge is 0.421 e. The molecule has 0 fully saturated rings. The minimum absolute atomic E-state index is 0.0900. The van der Waals surface area contributed by atoms with E-state index in [4.69, 9.17) is 20.9 Å². The minimum Gasteiger partial charge on any atom is -0.443 e. The summed E-state index contributed by atoms with van der Waals surface area (Å²) in [6.07, 6.45) is -0.915. The Morgan fingerprint density at radius 2 is 2.09 bits per heavy atom. The highest BCUT2D eigenvalue weighted by Gasteiger charge is 2.22. The molecule has 2 rings (SSSR count). The fourth-order valence-electron chi connectivity index (χ4n) is 1.85. The summed E-state index contributed by atoms with van der Waals surface area (Å²) in [5.74, 6) is -0.323. The Morgan fingerprint density at radius 1 is 1.39 bits per heavy atom. The monoisotopic (exact) mass is 360 g/mol. The summed E-state index contributed by atoms with van der Waals surface area (Å²) in [6, 6.07) is 4.97. The van der Waals surface area contributed by atoms with Crippen LogP contribution in [-0.4, -0.2) is 31.0 Å². The van der Waals surface area contributed by atoms with Crippen LogP contribution in [0.3, 0.4) is 0 Å². The molecule has 126 valence electrons.